The molecule has 2 aromatic rings. The molecule has 0 radical (unpaired) electrons. The van der Waals surface area contributed by atoms with Crippen LogP contribution in [-0.2, 0) is 6.42 Å². The van der Waals surface area contributed by atoms with Crippen LogP contribution >= 0.6 is 15.9 Å². The molecule has 0 saturated heterocycles. The van der Waals surface area contributed by atoms with Crippen LogP contribution < -0.4 is 15.2 Å². The van der Waals surface area contributed by atoms with Crippen LogP contribution in [0.4, 0.5) is 5.88 Å². The largest absolute Gasteiger partial charge is 0.493 e. The van der Waals surface area contributed by atoms with E-state index in [2.05, 4.69) is 21.1 Å². The minimum Gasteiger partial charge on any atom is -0.493 e. The fourth-order valence-corrected chi connectivity index (χ4v) is 2.98. The lowest BCUT2D eigenvalue weighted by Crippen LogP contribution is -2.05. The van der Waals surface area contributed by atoms with Gasteiger partial charge in [0.2, 0.25) is 5.88 Å². The van der Waals surface area contributed by atoms with E-state index in [0.717, 1.165) is 33.3 Å². The Morgan fingerprint density at radius 2 is 2.26 bits per heavy atom. The molecule has 0 saturated carbocycles. The zero-order chi connectivity index (χ0) is 13.6. The average molecular weight is 325 g/mol. The lowest BCUT2D eigenvalue weighted by molar-refractivity contribution is 0.243. The molecule has 0 fully saturated rings. The van der Waals surface area contributed by atoms with Crippen LogP contribution in [0.25, 0.3) is 11.1 Å². The van der Waals surface area contributed by atoms with Gasteiger partial charge >= 0.3 is 0 Å². The van der Waals surface area contributed by atoms with Crippen molar-refractivity contribution in [2.45, 2.75) is 19.4 Å². The highest BCUT2D eigenvalue weighted by atomic mass is 79.9. The molecule has 0 amide bonds. The molecule has 5 nitrogen and oxygen atoms in total. The Kier molecular flexibility index (Phi) is 2.89. The quantitative estimate of drug-likeness (QED) is 0.919. The number of anilines is 1. The average Bonchev–Trinajstić information content (AvgIpc) is 2.96. The fraction of sp³-hybridized carbons (Fsp3) is 0.308. The van der Waals surface area contributed by atoms with Gasteiger partial charge < -0.3 is 19.7 Å². The molecule has 2 N–H and O–H groups in total. The highest BCUT2D eigenvalue weighted by Gasteiger charge is 2.28. The third kappa shape index (κ3) is 1.87. The Hall–Kier alpha value is -1.69. The van der Waals surface area contributed by atoms with Gasteiger partial charge in [-0.3, -0.25) is 0 Å². The maximum absolute atomic E-state index is 5.79. The van der Waals surface area contributed by atoms with Crippen LogP contribution in [0.1, 0.15) is 12.5 Å². The summed E-state index contributed by atoms with van der Waals surface area (Å²) in [6, 6.07) is 1.88. The van der Waals surface area contributed by atoms with Gasteiger partial charge in [-0.1, -0.05) is 5.16 Å². The fourth-order valence-electron chi connectivity index (χ4n) is 2.31. The van der Waals surface area contributed by atoms with Gasteiger partial charge in [-0.25, -0.2) is 0 Å². The van der Waals surface area contributed by atoms with Gasteiger partial charge in [0.05, 0.1) is 18.9 Å². The van der Waals surface area contributed by atoms with Crippen LogP contribution in [0.2, 0.25) is 0 Å². The molecule has 2 heterocycles. The number of methoxy groups -OCH3 is 1. The summed E-state index contributed by atoms with van der Waals surface area (Å²) in [6.45, 7) is 2.03. The van der Waals surface area contributed by atoms with Crippen LogP contribution in [-0.4, -0.2) is 18.4 Å². The highest BCUT2D eigenvalue weighted by Crippen LogP contribution is 2.47. The molecule has 1 aromatic heterocycles. The van der Waals surface area contributed by atoms with Gasteiger partial charge in [-0.2, -0.15) is 0 Å². The first kappa shape index (κ1) is 12.3. The Morgan fingerprint density at radius 3 is 2.89 bits per heavy atom. The standard InChI is InChI=1S/C13H13BrN2O3/c1-6-3-8-11(14)7(9-5-16-19-13(9)15)4-10(17-2)12(8)18-6/h4-6H,3,15H2,1-2H3. The number of nitrogen functional groups attached to an aromatic ring is 1. The molecule has 1 aromatic carbocycles. The molecule has 100 valence electrons. The molecule has 1 atom stereocenters. The summed E-state index contributed by atoms with van der Waals surface area (Å²) in [5.41, 5.74) is 8.51. The van der Waals surface area contributed by atoms with Crippen molar-refractivity contribution < 1.29 is 14.0 Å². The molecule has 0 bridgehead atoms. The number of aromatic nitrogens is 1. The van der Waals surface area contributed by atoms with Crippen LogP contribution in [0, 0.1) is 0 Å². The van der Waals surface area contributed by atoms with Crippen molar-refractivity contribution in [2.75, 3.05) is 12.8 Å². The monoisotopic (exact) mass is 324 g/mol. The summed E-state index contributed by atoms with van der Waals surface area (Å²) < 4.78 is 17.1. The van der Waals surface area contributed by atoms with Gasteiger partial charge in [0, 0.05) is 22.0 Å². The van der Waals surface area contributed by atoms with Crippen molar-refractivity contribution in [2.24, 2.45) is 0 Å². The van der Waals surface area contributed by atoms with Crippen molar-refractivity contribution in [1.82, 2.24) is 5.16 Å². The normalized spacial score (nSPS) is 17.1. The molecule has 0 aliphatic carbocycles. The molecular formula is C13H13BrN2O3. The number of ether oxygens (including phenoxy) is 2. The second kappa shape index (κ2) is 4.45. The minimum atomic E-state index is 0.135. The minimum absolute atomic E-state index is 0.135. The maximum Gasteiger partial charge on any atom is 0.229 e. The lowest BCUT2D eigenvalue weighted by atomic mass is 10.0. The summed E-state index contributed by atoms with van der Waals surface area (Å²) in [7, 11) is 1.62. The zero-order valence-corrected chi connectivity index (χ0v) is 12.2. The second-order valence-electron chi connectivity index (χ2n) is 4.48. The molecule has 1 unspecified atom stereocenters. The van der Waals surface area contributed by atoms with Gasteiger partial charge in [0.15, 0.2) is 11.5 Å². The van der Waals surface area contributed by atoms with E-state index in [9.17, 15) is 0 Å². The van der Waals surface area contributed by atoms with E-state index in [-0.39, 0.29) is 12.0 Å². The zero-order valence-electron chi connectivity index (χ0n) is 10.6. The number of fused-ring (bicyclic) bond motifs is 1. The SMILES string of the molecule is COc1cc(-c2cnoc2N)c(Br)c2c1OC(C)C2. The molecule has 19 heavy (non-hydrogen) atoms. The maximum atomic E-state index is 5.79. The third-order valence-corrected chi connectivity index (χ3v) is 4.10. The Balaban J connectivity index is 2.23. The smallest absolute Gasteiger partial charge is 0.229 e. The van der Waals surface area contributed by atoms with Gasteiger partial charge in [-0.15, -0.1) is 0 Å². The van der Waals surface area contributed by atoms with E-state index in [0.29, 0.717) is 5.75 Å². The summed E-state index contributed by atoms with van der Waals surface area (Å²) >= 11 is 3.62. The molecule has 3 rings (SSSR count). The third-order valence-electron chi connectivity index (χ3n) is 3.19. The molecule has 1 aliphatic heterocycles. The second-order valence-corrected chi connectivity index (χ2v) is 5.28. The predicted molar refractivity (Wildman–Crippen MR) is 74.4 cm³/mol. The first-order valence-corrected chi connectivity index (χ1v) is 6.67. The van der Waals surface area contributed by atoms with E-state index < -0.39 is 0 Å². The van der Waals surface area contributed by atoms with E-state index in [4.69, 9.17) is 19.7 Å². The van der Waals surface area contributed by atoms with E-state index >= 15 is 0 Å². The number of hydrogen-bond donors (Lipinski definition) is 1. The number of nitrogens with two attached hydrogens (primary N) is 1. The van der Waals surface area contributed by atoms with Crippen molar-refractivity contribution in [3.63, 3.8) is 0 Å². The highest BCUT2D eigenvalue weighted by molar-refractivity contribution is 9.10. The summed E-state index contributed by atoms with van der Waals surface area (Å²) in [5, 5.41) is 3.71. The first-order valence-electron chi connectivity index (χ1n) is 5.88. The summed E-state index contributed by atoms with van der Waals surface area (Å²) in [4.78, 5) is 0. The molecule has 1 aliphatic rings. The number of benzene rings is 1. The van der Waals surface area contributed by atoms with Crippen molar-refractivity contribution in [3.8, 4) is 22.6 Å². The Labute approximate surface area is 118 Å². The summed E-state index contributed by atoms with van der Waals surface area (Å²) in [5.74, 6) is 1.77. The van der Waals surface area contributed by atoms with Crippen LogP contribution in [0.3, 0.4) is 0 Å². The molecule has 6 heteroatoms. The number of hydrogen-bond acceptors (Lipinski definition) is 5. The Bertz CT molecular complexity index is 639. The van der Waals surface area contributed by atoms with Crippen LogP contribution in [0.15, 0.2) is 21.3 Å². The van der Waals surface area contributed by atoms with Crippen molar-refractivity contribution in [1.29, 1.82) is 0 Å². The number of rotatable bonds is 2. The van der Waals surface area contributed by atoms with E-state index in [1.807, 2.05) is 13.0 Å². The van der Waals surface area contributed by atoms with Gasteiger partial charge in [0.25, 0.3) is 0 Å². The Morgan fingerprint density at radius 1 is 1.47 bits per heavy atom. The van der Waals surface area contributed by atoms with E-state index in [1.165, 1.54) is 0 Å². The first-order chi connectivity index (χ1) is 9.11. The number of halogens is 1. The molecule has 0 spiro atoms. The van der Waals surface area contributed by atoms with Crippen LogP contribution in [0.5, 0.6) is 11.5 Å². The predicted octanol–water partition coefficient (Wildman–Crippen LogP) is 3.02. The van der Waals surface area contributed by atoms with Crippen molar-refractivity contribution in [3.05, 3.63) is 22.3 Å². The topological polar surface area (TPSA) is 70.5 Å². The van der Waals surface area contributed by atoms with E-state index in [1.54, 1.807) is 13.3 Å². The van der Waals surface area contributed by atoms with Gasteiger partial charge in [-0.05, 0) is 28.9 Å². The lowest BCUT2D eigenvalue weighted by Gasteiger charge is -2.12. The number of nitrogens with zero attached hydrogens (tertiary/aromatic N) is 1. The van der Waals surface area contributed by atoms with Gasteiger partial charge in [0.1, 0.15) is 6.10 Å². The molecular weight excluding hydrogens is 312 g/mol. The summed E-state index contributed by atoms with van der Waals surface area (Å²) in [6.07, 6.45) is 2.56. The van der Waals surface area contributed by atoms with Crippen molar-refractivity contribution >= 4 is 21.8 Å².